The van der Waals surface area contributed by atoms with E-state index in [4.69, 9.17) is 4.74 Å². The standard InChI is InChI=1S/C21H18N2O4S/c1-14(24)23(17-7-9-19(27-2)10-8-17)21-22-16(13-28-21)6-11-20(26)15-4-3-5-18(25)12-15/h3-13,25H,1-2H3/b11-6+. The number of carbonyl (C=O) groups is 2. The molecule has 7 heteroatoms. The fourth-order valence-electron chi connectivity index (χ4n) is 2.53. The first-order chi connectivity index (χ1) is 13.5. The van der Waals surface area contributed by atoms with Gasteiger partial charge in [-0.25, -0.2) is 4.98 Å². The summed E-state index contributed by atoms with van der Waals surface area (Å²) >= 11 is 1.30. The van der Waals surface area contributed by atoms with Crippen LogP contribution in [0.5, 0.6) is 11.5 Å². The van der Waals surface area contributed by atoms with Gasteiger partial charge in [0.05, 0.1) is 18.5 Å². The molecule has 1 N–H and O–H groups in total. The average molecular weight is 394 g/mol. The van der Waals surface area contributed by atoms with E-state index in [0.717, 1.165) is 0 Å². The van der Waals surface area contributed by atoms with E-state index >= 15 is 0 Å². The summed E-state index contributed by atoms with van der Waals surface area (Å²) in [5.74, 6) is 0.308. The van der Waals surface area contributed by atoms with Crippen LogP contribution in [0.2, 0.25) is 0 Å². The van der Waals surface area contributed by atoms with Crippen LogP contribution in [0, 0.1) is 0 Å². The number of phenols is 1. The molecule has 0 unspecified atom stereocenters. The second-order valence-electron chi connectivity index (χ2n) is 5.86. The van der Waals surface area contributed by atoms with E-state index in [2.05, 4.69) is 4.98 Å². The first-order valence-corrected chi connectivity index (χ1v) is 9.27. The Kier molecular flexibility index (Phi) is 5.86. The van der Waals surface area contributed by atoms with Crippen molar-refractivity contribution in [3.8, 4) is 11.5 Å². The Labute approximate surface area is 166 Å². The summed E-state index contributed by atoms with van der Waals surface area (Å²) < 4.78 is 5.14. The highest BCUT2D eigenvalue weighted by atomic mass is 32.1. The largest absolute Gasteiger partial charge is 0.508 e. The Balaban J connectivity index is 1.80. The van der Waals surface area contributed by atoms with Gasteiger partial charge in [-0.3, -0.25) is 14.5 Å². The molecule has 1 aromatic heterocycles. The Morgan fingerprint density at radius 3 is 2.57 bits per heavy atom. The van der Waals surface area contributed by atoms with Gasteiger partial charge in [0.1, 0.15) is 11.5 Å². The third-order valence-electron chi connectivity index (χ3n) is 3.88. The molecule has 1 amide bonds. The second-order valence-corrected chi connectivity index (χ2v) is 6.69. The molecule has 6 nitrogen and oxygen atoms in total. The van der Waals surface area contributed by atoms with E-state index in [0.29, 0.717) is 27.8 Å². The number of nitrogens with zero attached hydrogens (tertiary/aromatic N) is 2. The van der Waals surface area contributed by atoms with E-state index in [1.165, 1.54) is 41.4 Å². The lowest BCUT2D eigenvalue weighted by Gasteiger charge is -2.18. The minimum Gasteiger partial charge on any atom is -0.508 e. The summed E-state index contributed by atoms with van der Waals surface area (Å²) in [6.45, 7) is 1.46. The van der Waals surface area contributed by atoms with Crippen LogP contribution >= 0.6 is 11.3 Å². The molecule has 3 rings (SSSR count). The summed E-state index contributed by atoms with van der Waals surface area (Å²) in [6.07, 6.45) is 2.97. The van der Waals surface area contributed by atoms with Gasteiger partial charge in [-0.15, -0.1) is 11.3 Å². The number of aromatic nitrogens is 1. The molecule has 142 valence electrons. The monoisotopic (exact) mass is 394 g/mol. The number of ether oxygens (including phenoxy) is 1. The number of benzene rings is 2. The highest BCUT2D eigenvalue weighted by molar-refractivity contribution is 7.14. The lowest BCUT2D eigenvalue weighted by Crippen LogP contribution is -2.22. The van der Waals surface area contributed by atoms with E-state index in [1.807, 2.05) is 0 Å². The molecule has 0 aliphatic rings. The van der Waals surface area contributed by atoms with Crippen molar-refractivity contribution in [2.75, 3.05) is 12.0 Å². The maximum atomic E-state index is 12.2. The van der Waals surface area contributed by atoms with Gasteiger partial charge in [0.15, 0.2) is 10.9 Å². The summed E-state index contributed by atoms with van der Waals surface area (Å²) in [4.78, 5) is 30.3. The van der Waals surface area contributed by atoms with Gasteiger partial charge >= 0.3 is 0 Å². The smallest absolute Gasteiger partial charge is 0.230 e. The summed E-state index contributed by atoms with van der Waals surface area (Å²) in [5.41, 5.74) is 1.62. The van der Waals surface area contributed by atoms with Crippen LogP contribution in [-0.2, 0) is 4.79 Å². The molecule has 1 heterocycles. The zero-order valence-electron chi connectivity index (χ0n) is 15.3. The number of phenolic OH excluding ortho intramolecular Hbond substituents is 1. The highest BCUT2D eigenvalue weighted by Crippen LogP contribution is 2.30. The predicted molar refractivity (Wildman–Crippen MR) is 109 cm³/mol. The van der Waals surface area contributed by atoms with Crippen LogP contribution in [0.3, 0.4) is 0 Å². The molecule has 0 radical (unpaired) electrons. The average Bonchev–Trinajstić information content (AvgIpc) is 3.15. The van der Waals surface area contributed by atoms with Crippen molar-refractivity contribution < 1.29 is 19.4 Å². The highest BCUT2D eigenvalue weighted by Gasteiger charge is 2.17. The molecular weight excluding hydrogens is 376 g/mol. The van der Waals surface area contributed by atoms with Crippen LogP contribution in [0.4, 0.5) is 10.8 Å². The van der Waals surface area contributed by atoms with Crippen LogP contribution in [-0.4, -0.2) is 28.9 Å². The Morgan fingerprint density at radius 1 is 1.18 bits per heavy atom. The topological polar surface area (TPSA) is 79.7 Å². The maximum Gasteiger partial charge on any atom is 0.230 e. The van der Waals surface area contributed by atoms with E-state index in [-0.39, 0.29) is 17.4 Å². The number of hydrogen-bond acceptors (Lipinski definition) is 6. The number of carbonyl (C=O) groups excluding carboxylic acids is 2. The Hall–Kier alpha value is -3.45. The van der Waals surface area contributed by atoms with Gasteiger partial charge in [-0.05, 0) is 48.6 Å². The number of allylic oxidation sites excluding steroid dienone is 1. The predicted octanol–water partition coefficient (Wildman–Crippen LogP) is 4.44. The molecule has 0 aliphatic carbocycles. The van der Waals surface area contributed by atoms with E-state index in [1.54, 1.807) is 55.0 Å². The van der Waals surface area contributed by atoms with Crippen molar-refractivity contribution in [3.05, 3.63) is 71.2 Å². The second kappa shape index (κ2) is 8.49. The summed E-state index contributed by atoms with van der Waals surface area (Å²) in [7, 11) is 1.58. The lowest BCUT2D eigenvalue weighted by atomic mass is 10.1. The molecule has 0 saturated carbocycles. The Morgan fingerprint density at radius 2 is 1.93 bits per heavy atom. The third kappa shape index (κ3) is 4.44. The van der Waals surface area contributed by atoms with Crippen LogP contribution in [0.15, 0.2) is 60.0 Å². The maximum absolute atomic E-state index is 12.2. The first-order valence-electron chi connectivity index (χ1n) is 8.39. The van der Waals surface area contributed by atoms with Crippen LogP contribution < -0.4 is 9.64 Å². The van der Waals surface area contributed by atoms with Gasteiger partial charge in [-0.2, -0.15) is 0 Å². The van der Waals surface area contributed by atoms with E-state index in [9.17, 15) is 14.7 Å². The van der Waals surface area contributed by atoms with Crippen molar-refractivity contribution in [2.24, 2.45) is 0 Å². The molecule has 0 saturated heterocycles. The van der Waals surface area contributed by atoms with Gasteiger partial charge in [0.25, 0.3) is 0 Å². The fraction of sp³-hybridized carbons (Fsp3) is 0.0952. The SMILES string of the molecule is COc1ccc(N(C(C)=O)c2nc(/C=C/C(=O)c3cccc(O)c3)cs2)cc1. The van der Waals surface area contributed by atoms with Crippen molar-refractivity contribution in [2.45, 2.75) is 6.92 Å². The fourth-order valence-corrected chi connectivity index (χ4v) is 3.39. The molecule has 2 aromatic carbocycles. The number of anilines is 2. The molecule has 3 aromatic rings. The van der Waals surface area contributed by atoms with Crippen molar-refractivity contribution in [3.63, 3.8) is 0 Å². The van der Waals surface area contributed by atoms with Gasteiger partial charge in [-0.1, -0.05) is 12.1 Å². The Bertz CT molecular complexity index is 1020. The molecule has 0 spiro atoms. The molecule has 0 atom stereocenters. The van der Waals surface area contributed by atoms with Crippen LogP contribution in [0.1, 0.15) is 23.0 Å². The molecule has 28 heavy (non-hydrogen) atoms. The first kappa shape index (κ1) is 19.3. The minimum atomic E-state index is -0.246. The number of ketones is 1. The number of amides is 1. The van der Waals surface area contributed by atoms with E-state index < -0.39 is 0 Å². The summed E-state index contributed by atoms with van der Waals surface area (Å²) in [5, 5.41) is 11.7. The number of hydrogen-bond donors (Lipinski definition) is 1. The van der Waals surface area contributed by atoms with Gasteiger partial charge in [0, 0.05) is 17.9 Å². The number of aromatic hydroxyl groups is 1. The number of methoxy groups -OCH3 is 1. The zero-order valence-corrected chi connectivity index (χ0v) is 16.1. The molecule has 0 fully saturated rings. The van der Waals surface area contributed by atoms with Crippen molar-refractivity contribution >= 4 is 39.9 Å². The molecular formula is C21H18N2O4S. The summed E-state index contributed by atoms with van der Waals surface area (Å²) in [6, 6.07) is 13.2. The molecule has 0 bridgehead atoms. The van der Waals surface area contributed by atoms with Crippen LogP contribution in [0.25, 0.3) is 6.08 Å². The van der Waals surface area contributed by atoms with Gasteiger partial charge < -0.3 is 9.84 Å². The quantitative estimate of drug-likeness (QED) is 0.494. The number of thiazole rings is 1. The van der Waals surface area contributed by atoms with Gasteiger partial charge in [0.2, 0.25) is 5.91 Å². The minimum absolute atomic E-state index is 0.0341. The van der Waals surface area contributed by atoms with Crippen molar-refractivity contribution in [1.29, 1.82) is 0 Å². The van der Waals surface area contributed by atoms with Crippen molar-refractivity contribution in [1.82, 2.24) is 4.98 Å². The third-order valence-corrected chi connectivity index (χ3v) is 4.73. The normalized spacial score (nSPS) is 10.8. The lowest BCUT2D eigenvalue weighted by molar-refractivity contribution is -0.115. The molecule has 0 aliphatic heterocycles. The zero-order chi connectivity index (χ0) is 20.1. The number of rotatable bonds is 6.